The van der Waals surface area contributed by atoms with Gasteiger partial charge in [0.25, 0.3) is 0 Å². The van der Waals surface area contributed by atoms with Gasteiger partial charge in [-0.05, 0) is 12.1 Å². The molecule has 5 aromatic rings. The summed E-state index contributed by atoms with van der Waals surface area (Å²) in [5.41, 5.74) is 1.33. The Balaban J connectivity index is 1.56. The van der Waals surface area contributed by atoms with Crippen molar-refractivity contribution >= 4 is 32.3 Å². The zero-order valence-corrected chi connectivity index (χ0v) is 19.6. The van der Waals surface area contributed by atoms with Gasteiger partial charge in [-0.25, -0.2) is 27.2 Å². The predicted molar refractivity (Wildman–Crippen MR) is 126 cm³/mol. The van der Waals surface area contributed by atoms with Gasteiger partial charge in [0, 0.05) is 34.5 Å². The van der Waals surface area contributed by atoms with E-state index in [9.17, 15) is 12.8 Å². The lowest BCUT2D eigenvalue weighted by Crippen LogP contribution is -2.10. The molecule has 35 heavy (non-hydrogen) atoms. The number of pyridine rings is 1. The molecule has 0 unspecified atom stereocenters. The molecule has 0 saturated heterocycles. The fourth-order valence-electron chi connectivity index (χ4n) is 3.80. The molecule has 0 aliphatic rings. The molecular weight excluding hydrogens is 500 g/mol. The van der Waals surface area contributed by atoms with Crippen molar-refractivity contribution in [1.82, 2.24) is 25.1 Å². The first-order valence-corrected chi connectivity index (χ1v) is 12.2. The Morgan fingerprint density at radius 1 is 1.11 bits per heavy atom. The van der Waals surface area contributed by atoms with E-state index in [2.05, 4.69) is 25.1 Å². The number of methoxy groups -OCH3 is 1. The summed E-state index contributed by atoms with van der Waals surface area (Å²) in [5, 5.41) is 7.99. The lowest BCUT2D eigenvalue weighted by atomic mass is 10.0. The minimum Gasteiger partial charge on any atom is -0.480 e. The van der Waals surface area contributed by atoms with E-state index in [0.29, 0.717) is 28.0 Å². The normalized spacial score (nSPS) is 11.8. The highest BCUT2D eigenvalue weighted by molar-refractivity contribution is 7.90. The van der Waals surface area contributed by atoms with Gasteiger partial charge in [0.2, 0.25) is 5.88 Å². The molecule has 0 amide bonds. The number of hydrogen-bond donors (Lipinski definition) is 2. The van der Waals surface area contributed by atoms with Gasteiger partial charge in [0.15, 0.2) is 15.7 Å². The van der Waals surface area contributed by atoms with E-state index in [1.807, 2.05) is 0 Å². The van der Waals surface area contributed by atoms with Crippen molar-refractivity contribution < 1.29 is 21.9 Å². The van der Waals surface area contributed by atoms with Crippen molar-refractivity contribution in [2.24, 2.45) is 0 Å². The number of imidazole rings is 1. The molecule has 5 rings (SSSR count). The Bertz CT molecular complexity index is 1670. The van der Waals surface area contributed by atoms with Crippen LogP contribution in [-0.4, -0.2) is 40.7 Å². The molecule has 8 nitrogen and oxygen atoms in total. The molecule has 12 heteroatoms. The summed E-state index contributed by atoms with van der Waals surface area (Å²) < 4.78 is 60.2. The zero-order valence-electron chi connectivity index (χ0n) is 18.0. The Kier molecular flexibility index (Phi) is 5.73. The lowest BCUT2D eigenvalue weighted by molar-refractivity contribution is 0.382. The number of ether oxygens (including phenoxy) is 1. The van der Waals surface area contributed by atoms with Gasteiger partial charge in [-0.1, -0.05) is 35.9 Å². The van der Waals surface area contributed by atoms with E-state index in [-0.39, 0.29) is 22.0 Å². The minimum absolute atomic E-state index is 0.0940. The largest absolute Gasteiger partial charge is 0.480 e. The van der Waals surface area contributed by atoms with Gasteiger partial charge >= 0.3 is 0 Å². The fraction of sp³-hybridized carbons (Fsp3) is 0.0870. The summed E-state index contributed by atoms with van der Waals surface area (Å²) in [4.78, 5) is 10.4. The maximum Gasteiger partial charge on any atom is 0.232 e. The number of nitrogens with zero attached hydrogens (tertiary/aromatic N) is 3. The SMILES string of the molecule is COc1ncc(F)cc1S(=O)(=O)Cc1cccc(-c2ccc3c(-c4ncc[nH]4)[nH]nc3c2Cl)c1F. The summed E-state index contributed by atoms with van der Waals surface area (Å²) in [5.74, 6) is -2.08. The molecule has 0 bridgehead atoms. The van der Waals surface area contributed by atoms with Crippen LogP contribution in [0.15, 0.2) is 59.9 Å². The van der Waals surface area contributed by atoms with Crippen molar-refractivity contribution in [3.63, 3.8) is 0 Å². The molecule has 0 fully saturated rings. The Hall–Kier alpha value is -3.83. The third-order valence-corrected chi connectivity index (χ3v) is 7.46. The molecule has 0 saturated carbocycles. The number of aromatic nitrogens is 5. The quantitative estimate of drug-likeness (QED) is 0.331. The number of sulfone groups is 1. The van der Waals surface area contributed by atoms with Crippen LogP contribution in [0, 0.1) is 11.6 Å². The molecule has 3 aromatic heterocycles. The number of nitrogens with one attached hydrogen (secondary N) is 2. The molecule has 2 N–H and O–H groups in total. The van der Waals surface area contributed by atoms with Crippen molar-refractivity contribution in [2.45, 2.75) is 10.6 Å². The van der Waals surface area contributed by atoms with Gasteiger partial charge < -0.3 is 9.72 Å². The number of rotatable bonds is 6. The summed E-state index contributed by atoms with van der Waals surface area (Å²) in [6.07, 6.45) is 4.11. The van der Waals surface area contributed by atoms with Gasteiger partial charge in [-0.3, -0.25) is 5.10 Å². The number of hydrogen-bond acceptors (Lipinski definition) is 6. The number of halogens is 3. The van der Waals surface area contributed by atoms with E-state index < -0.39 is 32.1 Å². The highest BCUT2D eigenvalue weighted by Gasteiger charge is 2.25. The second-order valence-corrected chi connectivity index (χ2v) is 9.89. The summed E-state index contributed by atoms with van der Waals surface area (Å²) in [7, 11) is -2.98. The maximum absolute atomic E-state index is 15.6. The Morgan fingerprint density at radius 3 is 2.69 bits per heavy atom. The first kappa shape index (κ1) is 22.9. The van der Waals surface area contributed by atoms with Crippen LogP contribution in [0.2, 0.25) is 5.02 Å². The van der Waals surface area contributed by atoms with E-state index in [1.165, 1.54) is 25.3 Å². The fourth-order valence-corrected chi connectivity index (χ4v) is 5.60. The molecule has 0 spiro atoms. The van der Waals surface area contributed by atoms with Crippen LogP contribution in [-0.2, 0) is 15.6 Å². The van der Waals surface area contributed by atoms with E-state index >= 15 is 4.39 Å². The summed E-state index contributed by atoms with van der Waals surface area (Å²) >= 11 is 6.60. The second kappa shape index (κ2) is 8.75. The molecule has 0 radical (unpaired) electrons. The summed E-state index contributed by atoms with van der Waals surface area (Å²) in [6, 6.07) is 8.49. The van der Waals surface area contributed by atoms with Crippen LogP contribution in [0.5, 0.6) is 5.88 Å². The third kappa shape index (κ3) is 4.02. The number of fused-ring (bicyclic) bond motifs is 1. The van der Waals surface area contributed by atoms with Crippen LogP contribution < -0.4 is 4.74 Å². The van der Waals surface area contributed by atoms with E-state index in [0.717, 1.165) is 12.3 Å². The summed E-state index contributed by atoms with van der Waals surface area (Å²) in [6.45, 7) is 0. The average Bonchev–Trinajstić information content (AvgIpc) is 3.51. The van der Waals surface area contributed by atoms with Gasteiger partial charge in [0.05, 0.1) is 24.1 Å². The monoisotopic (exact) mass is 515 g/mol. The molecule has 2 aromatic carbocycles. The molecule has 3 heterocycles. The van der Waals surface area contributed by atoms with Crippen LogP contribution in [0.3, 0.4) is 0 Å². The lowest BCUT2D eigenvalue weighted by Gasteiger charge is -2.12. The Labute approximate surface area is 202 Å². The van der Waals surface area contributed by atoms with Gasteiger partial charge in [-0.2, -0.15) is 5.10 Å². The first-order chi connectivity index (χ1) is 16.8. The smallest absolute Gasteiger partial charge is 0.232 e. The van der Waals surface area contributed by atoms with Crippen molar-refractivity contribution in [3.05, 3.63) is 77.2 Å². The van der Waals surface area contributed by atoms with Gasteiger partial charge in [0.1, 0.15) is 27.7 Å². The minimum atomic E-state index is -4.19. The standard InChI is InChI=1S/C23H16ClF2N5O3S/c1-34-23-17(9-13(25)10-29-23)35(32,33)11-12-3-2-4-15(19(12)26)14-5-6-16-20(18(14)24)30-31-21(16)22-27-7-8-28-22/h2-10H,11H2,1H3,(H,27,28)(H,30,31). The number of aromatic amines is 2. The van der Waals surface area contributed by atoms with Crippen molar-refractivity contribution in [1.29, 1.82) is 0 Å². The molecule has 0 aliphatic carbocycles. The van der Waals surface area contributed by atoms with Crippen LogP contribution in [0.1, 0.15) is 5.56 Å². The number of benzene rings is 2. The molecule has 0 atom stereocenters. The van der Waals surface area contributed by atoms with Crippen molar-refractivity contribution in [3.8, 4) is 28.5 Å². The van der Waals surface area contributed by atoms with Crippen molar-refractivity contribution in [2.75, 3.05) is 7.11 Å². The van der Waals surface area contributed by atoms with E-state index in [4.69, 9.17) is 16.3 Å². The van der Waals surface area contributed by atoms with Crippen LogP contribution >= 0.6 is 11.6 Å². The first-order valence-electron chi connectivity index (χ1n) is 10.2. The number of H-pyrrole nitrogens is 2. The van der Waals surface area contributed by atoms with Crippen LogP contribution in [0.4, 0.5) is 8.78 Å². The molecule has 0 aliphatic heterocycles. The average molecular weight is 516 g/mol. The molecular formula is C23H16ClF2N5O3S. The molecule has 178 valence electrons. The van der Waals surface area contributed by atoms with E-state index in [1.54, 1.807) is 24.5 Å². The highest BCUT2D eigenvalue weighted by Crippen LogP contribution is 2.38. The second-order valence-electron chi connectivity index (χ2n) is 7.56. The Morgan fingerprint density at radius 2 is 1.94 bits per heavy atom. The highest BCUT2D eigenvalue weighted by atomic mass is 35.5. The van der Waals surface area contributed by atoms with Gasteiger partial charge in [-0.15, -0.1) is 0 Å². The zero-order chi connectivity index (χ0) is 24.7. The third-order valence-electron chi connectivity index (χ3n) is 5.43. The topological polar surface area (TPSA) is 114 Å². The predicted octanol–water partition coefficient (Wildman–Crippen LogP) is 4.93. The van der Waals surface area contributed by atoms with Crippen LogP contribution in [0.25, 0.3) is 33.5 Å². The maximum atomic E-state index is 15.6.